The molecular weight excluding hydrogens is 270 g/mol. The van der Waals surface area contributed by atoms with Crippen LogP contribution in [0, 0.1) is 0 Å². The molecule has 0 aromatic rings. The molecule has 2 rings (SSSR count). The lowest BCUT2D eigenvalue weighted by Crippen LogP contribution is -2.32. The van der Waals surface area contributed by atoms with E-state index in [-0.39, 0.29) is 11.9 Å². The number of rotatable bonds is 6. The maximum Gasteiger partial charge on any atom is 0.339 e. The number of carbonyl (C=O) groups is 2. The van der Waals surface area contributed by atoms with Crippen LogP contribution in [0.3, 0.4) is 0 Å². The molecule has 1 fully saturated rings. The van der Waals surface area contributed by atoms with Crippen LogP contribution in [-0.2, 0) is 19.1 Å². The molecule has 2 aliphatic rings. The molecule has 2 aliphatic heterocycles. The molecule has 0 spiro atoms. The largest absolute Gasteiger partial charge is 0.469 e. The zero-order chi connectivity index (χ0) is 15.2. The Kier molecular flexibility index (Phi) is 5.56. The summed E-state index contributed by atoms with van der Waals surface area (Å²) in [5.41, 5.74) is 0.652. The Morgan fingerprint density at radius 1 is 1.57 bits per heavy atom. The number of allylic oxidation sites excluding steroid dienone is 2. The van der Waals surface area contributed by atoms with Crippen LogP contribution in [0.1, 0.15) is 39.0 Å². The first-order valence-electron chi connectivity index (χ1n) is 7.51. The van der Waals surface area contributed by atoms with Crippen molar-refractivity contribution in [1.82, 2.24) is 4.90 Å². The second-order valence-electron chi connectivity index (χ2n) is 5.58. The predicted molar refractivity (Wildman–Crippen MR) is 78.4 cm³/mol. The molecule has 1 saturated heterocycles. The zero-order valence-electron chi connectivity index (χ0n) is 12.8. The van der Waals surface area contributed by atoms with E-state index in [4.69, 9.17) is 9.47 Å². The number of unbranched alkanes of at least 4 members (excludes halogenated alkanes) is 1. The number of hydrogen-bond acceptors (Lipinski definition) is 5. The molecule has 116 valence electrons. The third-order valence-corrected chi connectivity index (χ3v) is 4.02. The number of likely N-dealkylation sites (tertiary alicyclic amines) is 1. The Morgan fingerprint density at radius 2 is 2.38 bits per heavy atom. The van der Waals surface area contributed by atoms with E-state index in [0.29, 0.717) is 23.8 Å². The highest BCUT2D eigenvalue weighted by Gasteiger charge is 2.26. The molecule has 0 saturated carbocycles. The van der Waals surface area contributed by atoms with Gasteiger partial charge in [0.05, 0.1) is 13.5 Å². The first-order chi connectivity index (χ1) is 10.1. The Hall–Kier alpha value is -1.62. The molecule has 0 unspecified atom stereocenters. The number of nitrogens with zero attached hydrogens (tertiary/aromatic N) is 1. The van der Waals surface area contributed by atoms with Gasteiger partial charge in [0.1, 0.15) is 5.76 Å². The maximum atomic E-state index is 11.4. The highest BCUT2D eigenvalue weighted by molar-refractivity contribution is 5.92. The van der Waals surface area contributed by atoms with Crippen LogP contribution >= 0.6 is 0 Å². The average Bonchev–Trinajstić information content (AvgIpc) is 3.02. The van der Waals surface area contributed by atoms with Gasteiger partial charge in [0.2, 0.25) is 0 Å². The minimum Gasteiger partial charge on any atom is -0.469 e. The minimum absolute atomic E-state index is 0.132. The molecule has 5 heteroatoms. The third-order valence-electron chi connectivity index (χ3n) is 4.02. The van der Waals surface area contributed by atoms with Gasteiger partial charge in [0.15, 0.2) is 0 Å². The Bertz CT molecular complexity index is 467. The Morgan fingerprint density at radius 3 is 3.05 bits per heavy atom. The smallest absolute Gasteiger partial charge is 0.339 e. The van der Waals surface area contributed by atoms with Gasteiger partial charge in [-0.2, -0.15) is 0 Å². The lowest BCUT2D eigenvalue weighted by Gasteiger charge is -2.23. The van der Waals surface area contributed by atoms with E-state index in [1.165, 1.54) is 7.11 Å². The molecule has 0 radical (unpaired) electrons. The van der Waals surface area contributed by atoms with Crippen molar-refractivity contribution >= 4 is 11.9 Å². The van der Waals surface area contributed by atoms with E-state index in [9.17, 15) is 9.59 Å². The quantitative estimate of drug-likeness (QED) is 0.555. The SMILES string of the molecule is COC(=O)C[C@@H]1CCCN1CCC/C=C1/C=C(C)C(=O)O1. The first kappa shape index (κ1) is 15.8. The van der Waals surface area contributed by atoms with Crippen LogP contribution in [-0.4, -0.2) is 43.1 Å². The van der Waals surface area contributed by atoms with E-state index in [0.717, 1.165) is 38.8 Å². The van der Waals surface area contributed by atoms with Gasteiger partial charge in [-0.05, 0) is 57.8 Å². The summed E-state index contributed by atoms with van der Waals surface area (Å²) in [6.45, 7) is 3.76. The molecule has 2 heterocycles. The molecule has 5 nitrogen and oxygen atoms in total. The molecule has 0 aromatic carbocycles. The molecule has 21 heavy (non-hydrogen) atoms. The summed E-state index contributed by atoms with van der Waals surface area (Å²) in [5, 5.41) is 0. The van der Waals surface area contributed by atoms with Crippen molar-refractivity contribution in [3.63, 3.8) is 0 Å². The van der Waals surface area contributed by atoms with E-state index >= 15 is 0 Å². The van der Waals surface area contributed by atoms with Crippen LogP contribution in [0.5, 0.6) is 0 Å². The second kappa shape index (κ2) is 7.41. The van der Waals surface area contributed by atoms with Crippen LogP contribution in [0.15, 0.2) is 23.5 Å². The monoisotopic (exact) mass is 293 g/mol. The summed E-state index contributed by atoms with van der Waals surface area (Å²) in [6.07, 6.45) is 8.28. The van der Waals surface area contributed by atoms with Gasteiger partial charge in [0.25, 0.3) is 0 Å². The molecule has 0 amide bonds. The number of cyclic esters (lactones) is 1. The highest BCUT2D eigenvalue weighted by atomic mass is 16.5. The van der Waals surface area contributed by atoms with Crippen molar-refractivity contribution in [1.29, 1.82) is 0 Å². The van der Waals surface area contributed by atoms with Crippen molar-refractivity contribution in [3.8, 4) is 0 Å². The summed E-state index contributed by atoms with van der Waals surface area (Å²) >= 11 is 0. The lowest BCUT2D eigenvalue weighted by atomic mass is 10.1. The van der Waals surface area contributed by atoms with Gasteiger partial charge in [-0.1, -0.05) is 0 Å². The minimum atomic E-state index is -0.251. The first-order valence-corrected chi connectivity index (χ1v) is 7.51. The average molecular weight is 293 g/mol. The van der Waals surface area contributed by atoms with Crippen molar-refractivity contribution < 1.29 is 19.1 Å². The molecule has 0 aliphatic carbocycles. The summed E-state index contributed by atoms with van der Waals surface area (Å²) in [7, 11) is 1.44. The van der Waals surface area contributed by atoms with Gasteiger partial charge in [-0.3, -0.25) is 9.69 Å². The summed E-state index contributed by atoms with van der Waals surface area (Å²) in [4.78, 5) is 24.9. The van der Waals surface area contributed by atoms with Crippen LogP contribution < -0.4 is 0 Å². The van der Waals surface area contributed by atoms with Crippen LogP contribution in [0.25, 0.3) is 0 Å². The molecule has 0 aromatic heterocycles. The van der Waals surface area contributed by atoms with Crippen molar-refractivity contribution in [2.45, 2.75) is 45.1 Å². The Labute approximate surface area is 125 Å². The summed E-state index contributed by atoms with van der Waals surface area (Å²) in [6, 6.07) is 0.316. The second-order valence-corrected chi connectivity index (χ2v) is 5.58. The highest BCUT2D eigenvalue weighted by Crippen LogP contribution is 2.21. The maximum absolute atomic E-state index is 11.4. The fraction of sp³-hybridized carbons (Fsp3) is 0.625. The van der Waals surface area contributed by atoms with E-state index in [1.807, 2.05) is 6.08 Å². The number of methoxy groups -OCH3 is 1. The van der Waals surface area contributed by atoms with E-state index in [1.54, 1.807) is 13.0 Å². The van der Waals surface area contributed by atoms with Gasteiger partial charge < -0.3 is 9.47 Å². The Balaban J connectivity index is 1.72. The third kappa shape index (κ3) is 4.43. The molecule has 0 bridgehead atoms. The zero-order valence-corrected chi connectivity index (χ0v) is 12.8. The standard InChI is InChI=1S/C16H23NO4/c1-12-10-14(21-16(12)19)7-3-4-8-17-9-5-6-13(17)11-15(18)20-2/h7,10,13H,3-6,8-9,11H2,1-2H3/b14-7-/t13-/m0/s1. The van der Waals surface area contributed by atoms with E-state index in [2.05, 4.69) is 4.90 Å². The topological polar surface area (TPSA) is 55.8 Å². The van der Waals surface area contributed by atoms with E-state index < -0.39 is 0 Å². The van der Waals surface area contributed by atoms with Gasteiger partial charge in [-0.25, -0.2) is 4.79 Å². The lowest BCUT2D eigenvalue weighted by molar-refractivity contribution is -0.141. The molecular formula is C16H23NO4. The summed E-state index contributed by atoms with van der Waals surface area (Å²) < 4.78 is 9.83. The summed E-state index contributed by atoms with van der Waals surface area (Å²) in [5.74, 6) is 0.275. The fourth-order valence-corrected chi connectivity index (χ4v) is 2.83. The number of hydrogen-bond donors (Lipinski definition) is 0. The van der Waals surface area contributed by atoms with Gasteiger partial charge >= 0.3 is 11.9 Å². The molecule has 0 N–H and O–H groups in total. The van der Waals surface area contributed by atoms with Crippen molar-refractivity contribution in [3.05, 3.63) is 23.5 Å². The fourth-order valence-electron chi connectivity index (χ4n) is 2.83. The normalized spacial score (nSPS) is 24.3. The number of carbonyl (C=O) groups excluding carboxylic acids is 2. The predicted octanol–water partition coefficient (Wildman–Crippen LogP) is 2.18. The molecule has 1 atom stereocenters. The number of ether oxygens (including phenoxy) is 2. The van der Waals surface area contributed by atoms with Crippen LogP contribution in [0.4, 0.5) is 0 Å². The van der Waals surface area contributed by atoms with Gasteiger partial charge in [-0.15, -0.1) is 0 Å². The number of esters is 2. The van der Waals surface area contributed by atoms with Crippen LogP contribution in [0.2, 0.25) is 0 Å². The van der Waals surface area contributed by atoms with Crippen molar-refractivity contribution in [2.24, 2.45) is 0 Å². The van der Waals surface area contributed by atoms with Gasteiger partial charge in [0, 0.05) is 11.6 Å². The van der Waals surface area contributed by atoms with Crippen molar-refractivity contribution in [2.75, 3.05) is 20.2 Å².